The number of nitrogens with zero attached hydrogens (tertiary/aromatic N) is 1. The van der Waals surface area contributed by atoms with Crippen LogP contribution < -0.4 is 5.32 Å². The van der Waals surface area contributed by atoms with Gasteiger partial charge in [-0.1, -0.05) is 43.3 Å². The Kier molecular flexibility index (Phi) is 4.40. The molecule has 0 atom stereocenters. The SMILES string of the molecule is CCc1ccccc1NC(=O)CCc1cc2c(cn1)[nH]c1ccccc12. The number of aryl methyl sites for hydroxylation is 2. The van der Waals surface area contributed by atoms with Gasteiger partial charge in [-0.25, -0.2) is 0 Å². The van der Waals surface area contributed by atoms with Crippen LogP contribution in [0.1, 0.15) is 24.6 Å². The largest absolute Gasteiger partial charge is 0.353 e. The molecule has 4 rings (SSSR count). The maximum Gasteiger partial charge on any atom is 0.224 e. The van der Waals surface area contributed by atoms with Crippen LogP contribution in [-0.2, 0) is 17.6 Å². The molecular weight excluding hydrogens is 322 g/mol. The number of rotatable bonds is 5. The van der Waals surface area contributed by atoms with Gasteiger partial charge in [-0.15, -0.1) is 0 Å². The monoisotopic (exact) mass is 343 g/mol. The van der Waals surface area contributed by atoms with E-state index >= 15 is 0 Å². The molecule has 0 aliphatic rings. The number of aromatic nitrogens is 2. The Labute approximate surface area is 152 Å². The standard InChI is InChI=1S/C22H21N3O/c1-2-15-7-3-5-9-19(15)25-22(26)12-11-16-13-18-17-8-4-6-10-20(17)24-21(18)14-23-16/h3-10,13-14,24H,2,11-12H2,1H3,(H,25,26). The highest BCUT2D eigenvalue weighted by molar-refractivity contribution is 6.07. The van der Waals surface area contributed by atoms with Crippen LogP contribution >= 0.6 is 0 Å². The molecule has 0 aliphatic heterocycles. The second-order valence-electron chi connectivity index (χ2n) is 6.45. The van der Waals surface area contributed by atoms with Crippen LogP contribution in [0.15, 0.2) is 60.8 Å². The second kappa shape index (κ2) is 7.00. The first-order chi connectivity index (χ1) is 12.7. The fraction of sp³-hybridized carbons (Fsp3) is 0.182. The van der Waals surface area contributed by atoms with E-state index in [9.17, 15) is 4.79 Å². The molecule has 4 aromatic rings. The van der Waals surface area contributed by atoms with Crippen molar-refractivity contribution in [3.8, 4) is 0 Å². The molecule has 0 saturated heterocycles. The first-order valence-corrected chi connectivity index (χ1v) is 8.97. The predicted molar refractivity (Wildman–Crippen MR) is 106 cm³/mol. The third-order valence-corrected chi connectivity index (χ3v) is 4.73. The Morgan fingerprint density at radius 3 is 2.73 bits per heavy atom. The van der Waals surface area contributed by atoms with Crippen molar-refractivity contribution in [1.82, 2.24) is 9.97 Å². The van der Waals surface area contributed by atoms with E-state index in [1.807, 2.05) is 42.6 Å². The maximum absolute atomic E-state index is 12.3. The van der Waals surface area contributed by atoms with Gasteiger partial charge in [-0.3, -0.25) is 9.78 Å². The number of hydrogen-bond acceptors (Lipinski definition) is 2. The number of fused-ring (bicyclic) bond motifs is 3. The van der Waals surface area contributed by atoms with Crippen molar-refractivity contribution in [3.63, 3.8) is 0 Å². The number of carbonyl (C=O) groups excluding carboxylic acids is 1. The maximum atomic E-state index is 12.3. The number of aromatic amines is 1. The molecule has 2 aromatic heterocycles. The molecule has 2 heterocycles. The molecular formula is C22H21N3O. The van der Waals surface area contributed by atoms with E-state index in [0.717, 1.165) is 39.8 Å². The van der Waals surface area contributed by atoms with E-state index < -0.39 is 0 Å². The predicted octanol–water partition coefficient (Wildman–Crippen LogP) is 4.85. The van der Waals surface area contributed by atoms with Crippen molar-refractivity contribution in [3.05, 3.63) is 72.1 Å². The van der Waals surface area contributed by atoms with Crippen LogP contribution in [0.2, 0.25) is 0 Å². The molecule has 0 unspecified atom stereocenters. The van der Waals surface area contributed by atoms with E-state index in [2.05, 4.69) is 40.4 Å². The highest BCUT2D eigenvalue weighted by Crippen LogP contribution is 2.25. The summed E-state index contributed by atoms with van der Waals surface area (Å²) in [7, 11) is 0. The van der Waals surface area contributed by atoms with Gasteiger partial charge in [0.1, 0.15) is 0 Å². The van der Waals surface area contributed by atoms with Crippen LogP contribution in [0, 0.1) is 0 Å². The summed E-state index contributed by atoms with van der Waals surface area (Å²) in [6, 6.07) is 18.2. The van der Waals surface area contributed by atoms with Crippen molar-refractivity contribution in [2.75, 3.05) is 5.32 Å². The Hall–Kier alpha value is -3.14. The van der Waals surface area contributed by atoms with Crippen molar-refractivity contribution in [1.29, 1.82) is 0 Å². The number of anilines is 1. The molecule has 1 amide bonds. The summed E-state index contributed by atoms with van der Waals surface area (Å²) in [6.45, 7) is 2.09. The van der Waals surface area contributed by atoms with E-state index in [4.69, 9.17) is 0 Å². The average Bonchev–Trinajstić information content (AvgIpc) is 3.05. The van der Waals surface area contributed by atoms with Crippen molar-refractivity contribution >= 4 is 33.4 Å². The lowest BCUT2D eigenvalue weighted by atomic mass is 10.1. The minimum Gasteiger partial charge on any atom is -0.353 e. The van der Waals surface area contributed by atoms with Crippen LogP contribution in [0.3, 0.4) is 0 Å². The van der Waals surface area contributed by atoms with Gasteiger partial charge < -0.3 is 10.3 Å². The van der Waals surface area contributed by atoms with Gasteiger partial charge in [0.15, 0.2) is 0 Å². The number of para-hydroxylation sites is 2. The zero-order chi connectivity index (χ0) is 17.9. The number of amides is 1. The van der Waals surface area contributed by atoms with Gasteiger partial charge >= 0.3 is 0 Å². The Bertz CT molecular complexity index is 1080. The zero-order valence-electron chi connectivity index (χ0n) is 14.8. The normalized spacial score (nSPS) is 11.1. The first kappa shape index (κ1) is 16.3. The molecule has 4 nitrogen and oxygen atoms in total. The second-order valence-corrected chi connectivity index (χ2v) is 6.45. The highest BCUT2D eigenvalue weighted by atomic mass is 16.1. The van der Waals surface area contributed by atoms with Crippen LogP contribution in [0.25, 0.3) is 21.8 Å². The fourth-order valence-corrected chi connectivity index (χ4v) is 3.33. The summed E-state index contributed by atoms with van der Waals surface area (Å²) < 4.78 is 0. The lowest BCUT2D eigenvalue weighted by Crippen LogP contribution is -2.13. The van der Waals surface area contributed by atoms with Crippen molar-refractivity contribution in [2.24, 2.45) is 0 Å². The molecule has 2 N–H and O–H groups in total. The van der Waals surface area contributed by atoms with Crippen molar-refractivity contribution < 1.29 is 4.79 Å². The third kappa shape index (κ3) is 3.18. The summed E-state index contributed by atoms with van der Waals surface area (Å²) in [5, 5.41) is 5.36. The number of nitrogens with one attached hydrogen (secondary N) is 2. The molecule has 0 radical (unpaired) electrons. The van der Waals surface area contributed by atoms with E-state index in [1.165, 1.54) is 5.39 Å². The molecule has 26 heavy (non-hydrogen) atoms. The van der Waals surface area contributed by atoms with Crippen LogP contribution in [0.5, 0.6) is 0 Å². The molecule has 2 aromatic carbocycles. The van der Waals surface area contributed by atoms with E-state index in [1.54, 1.807) is 0 Å². The highest BCUT2D eigenvalue weighted by Gasteiger charge is 2.09. The van der Waals surface area contributed by atoms with Gasteiger partial charge in [-0.2, -0.15) is 0 Å². The van der Waals surface area contributed by atoms with Gasteiger partial charge in [0.2, 0.25) is 5.91 Å². The third-order valence-electron chi connectivity index (χ3n) is 4.73. The Morgan fingerprint density at radius 1 is 1.04 bits per heavy atom. The molecule has 0 bridgehead atoms. The summed E-state index contributed by atoms with van der Waals surface area (Å²) in [5.41, 5.74) is 5.12. The van der Waals surface area contributed by atoms with Crippen molar-refractivity contribution in [2.45, 2.75) is 26.2 Å². The van der Waals surface area contributed by atoms with Gasteiger partial charge in [0.25, 0.3) is 0 Å². The number of carbonyl (C=O) groups is 1. The number of H-pyrrole nitrogens is 1. The lowest BCUT2D eigenvalue weighted by Gasteiger charge is -2.09. The topological polar surface area (TPSA) is 57.8 Å². The van der Waals surface area contributed by atoms with Gasteiger partial charge in [0.05, 0.1) is 11.7 Å². The van der Waals surface area contributed by atoms with Crippen LogP contribution in [0.4, 0.5) is 5.69 Å². The number of hydrogen-bond donors (Lipinski definition) is 2. The molecule has 0 fully saturated rings. The zero-order valence-corrected chi connectivity index (χ0v) is 14.8. The quantitative estimate of drug-likeness (QED) is 0.544. The minimum atomic E-state index is 0.0201. The summed E-state index contributed by atoms with van der Waals surface area (Å²) in [6.07, 6.45) is 3.79. The molecule has 0 saturated carbocycles. The van der Waals surface area contributed by atoms with E-state index in [-0.39, 0.29) is 5.91 Å². The molecule has 0 spiro atoms. The summed E-state index contributed by atoms with van der Waals surface area (Å²) in [5.74, 6) is 0.0201. The minimum absolute atomic E-state index is 0.0201. The van der Waals surface area contributed by atoms with E-state index in [0.29, 0.717) is 12.8 Å². The van der Waals surface area contributed by atoms with Gasteiger partial charge in [-0.05, 0) is 36.6 Å². The van der Waals surface area contributed by atoms with Crippen LogP contribution in [-0.4, -0.2) is 15.9 Å². The summed E-state index contributed by atoms with van der Waals surface area (Å²) in [4.78, 5) is 20.2. The van der Waals surface area contributed by atoms with Gasteiger partial charge in [0, 0.05) is 34.1 Å². The number of benzene rings is 2. The molecule has 0 aliphatic carbocycles. The molecule has 4 heteroatoms. The Morgan fingerprint density at radius 2 is 1.85 bits per heavy atom. The number of pyridine rings is 1. The smallest absolute Gasteiger partial charge is 0.224 e. The first-order valence-electron chi connectivity index (χ1n) is 8.97. The fourth-order valence-electron chi connectivity index (χ4n) is 3.33. The summed E-state index contributed by atoms with van der Waals surface area (Å²) >= 11 is 0. The average molecular weight is 343 g/mol. The molecule has 130 valence electrons. The Balaban J connectivity index is 1.49. The lowest BCUT2D eigenvalue weighted by molar-refractivity contribution is -0.116.